The molecule has 1 aliphatic rings. The van der Waals surface area contributed by atoms with E-state index in [9.17, 15) is 14.9 Å². The molecule has 0 aliphatic carbocycles. The van der Waals surface area contributed by atoms with E-state index in [1.807, 2.05) is 17.2 Å². The minimum absolute atomic E-state index is 0.00981. The van der Waals surface area contributed by atoms with Crippen molar-refractivity contribution < 1.29 is 9.72 Å². The summed E-state index contributed by atoms with van der Waals surface area (Å²) in [5.74, 6) is -0.173. The van der Waals surface area contributed by atoms with Crippen LogP contribution in [0.2, 0.25) is 0 Å². The van der Waals surface area contributed by atoms with Crippen molar-refractivity contribution in [3.8, 4) is 0 Å². The molecule has 29 heavy (non-hydrogen) atoms. The maximum atomic E-state index is 11.6. The molecule has 0 spiro atoms. The fraction of sp³-hybridized carbons (Fsp3) is 0.273. The third-order valence-corrected chi connectivity index (χ3v) is 5.40. The topological polar surface area (TPSA) is 79.6 Å². The van der Waals surface area contributed by atoms with Crippen LogP contribution in [0, 0.1) is 10.1 Å². The van der Waals surface area contributed by atoms with Gasteiger partial charge < -0.3 is 4.90 Å². The molecule has 7 heteroatoms. The average Bonchev–Trinajstić information content (AvgIpc) is 2.74. The monoisotopic (exact) mass is 390 g/mol. The second kappa shape index (κ2) is 7.97. The van der Waals surface area contributed by atoms with Crippen LogP contribution in [0.1, 0.15) is 22.8 Å². The number of benzene rings is 2. The zero-order valence-electron chi connectivity index (χ0n) is 16.2. The van der Waals surface area contributed by atoms with Crippen LogP contribution in [0.4, 0.5) is 11.4 Å². The smallest absolute Gasteiger partial charge is 0.293 e. The molecule has 0 amide bonds. The number of nitro benzene ring substituents is 1. The van der Waals surface area contributed by atoms with Gasteiger partial charge in [-0.3, -0.25) is 24.8 Å². The standard InChI is InChI=1S/C22H22N4O3/c1-16(27)18-7-8-20(21(14-18)26(28)29)25-12-10-24(11-13-25)15-19-5-2-4-17-6-3-9-23-22(17)19/h2-9,14H,10-13,15H2,1H3. The highest BCUT2D eigenvalue weighted by Crippen LogP contribution is 2.30. The highest BCUT2D eigenvalue weighted by atomic mass is 16.6. The van der Waals surface area contributed by atoms with Gasteiger partial charge in [-0.05, 0) is 30.7 Å². The molecule has 0 radical (unpaired) electrons. The van der Waals surface area contributed by atoms with Gasteiger partial charge >= 0.3 is 0 Å². The Labute approximate surface area is 168 Å². The first-order chi connectivity index (χ1) is 14.0. The summed E-state index contributed by atoms with van der Waals surface area (Å²) < 4.78 is 0. The molecular formula is C22H22N4O3. The fourth-order valence-electron chi connectivity index (χ4n) is 3.84. The van der Waals surface area contributed by atoms with E-state index < -0.39 is 4.92 Å². The van der Waals surface area contributed by atoms with Gasteiger partial charge in [0.2, 0.25) is 0 Å². The first-order valence-corrected chi connectivity index (χ1v) is 9.62. The summed E-state index contributed by atoms with van der Waals surface area (Å²) in [6.07, 6.45) is 1.81. The van der Waals surface area contributed by atoms with E-state index in [0.717, 1.165) is 30.5 Å². The molecule has 1 saturated heterocycles. The van der Waals surface area contributed by atoms with E-state index in [1.165, 1.54) is 18.6 Å². The van der Waals surface area contributed by atoms with Crippen LogP contribution in [0.5, 0.6) is 0 Å². The number of para-hydroxylation sites is 1. The number of anilines is 1. The van der Waals surface area contributed by atoms with Crippen molar-refractivity contribution in [3.63, 3.8) is 0 Å². The maximum absolute atomic E-state index is 11.6. The summed E-state index contributed by atoms with van der Waals surface area (Å²) in [5, 5.41) is 12.6. The first kappa shape index (κ1) is 19.0. The van der Waals surface area contributed by atoms with Gasteiger partial charge in [0.25, 0.3) is 5.69 Å². The van der Waals surface area contributed by atoms with Crippen LogP contribution < -0.4 is 4.90 Å². The van der Waals surface area contributed by atoms with Crippen molar-refractivity contribution >= 4 is 28.1 Å². The Balaban J connectivity index is 1.48. The number of piperazine rings is 1. The van der Waals surface area contributed by atoms with Gasteiger partial charge in [0, 0.05) is 55.9 Å². The second-order valence-electron chi connectivity index (χ2n) is 7.27. The fourth-order valence-corrected chi connectivity index (χ4v) is 3.84. The largest absolute Gasteiger partial charge is 0.363 e. The number of ketones is 1. The van der Waals surface area contributed by atoms with Gasteiger partial charge in [0.05, 0.1) is 10.4 Å². The number of fused-ring (bicyclic) bond motifs is 1. The highest BCUT2D eigenvalue weighted by molar-refractivity contribution is 5.95. The molecule has 1 aromatic heterocycles. The summed E-state index contributed by atoms with van der Waals surface area (Å²) in [7, 11) is 0. The Bertz CT molecular complexity index is 1070. The van der Waals surface area contributed by atoms with Crippen LogP contribution >= 0.6 is 0 Å². The van der Waals surface area contributed by atoms with E-state index in [-0.39, 0.29) is 11.5 Å². The lowest BCUT2D eigenvalue weighted by molar-refractivity contribution is -0.384. The van der Waals surface area contributed by atoms with Crippen LogP contribution in [-0.2, 0) is 6.54 Å². The van der Waals surface area contributed by atoms with Crippen molar-refractivity contribution in [2.45, 2.75) is 13.5 Å². The number of nitrogens with zero attached hydrogens (tertiary/aromatic N) is 4. The lowest BCUT2D eigenvalue weighted by Crippen LogP contribution is -2.46. The number of Topliss-reactive ketones (excluding diaryl/α,β-unsaturated/α-hetero) is 1. The number of aromatic nitrogens is 1. The summed E-state index contributed by atoms with van der Waals surface area (Å²) >= 11 is 0. The van der Waals surface area contributed by atoms with E-state index >= 15 is 0 Å². The van der Waals surface area contributed by atoms with Gasteiger partial charge in [-0.2, -0.15) is 0 Å². The zero-order valence-corrected chi connectivity index (χ0v) is 16.2. The normalized spacial score (nSPS) is 14.9. The van der Waals surface area contributed by atoms with Gasteiger partial charge in [-0.15, -0.1) is 0 Å². The zero-order chi connectivity index (χ0) is 20.4. The van der Waals surface area contributed by atoms with E-state index in [1.54, 1.807) is 12.1 Å². The van der Waals surface area contributed by atoms with Crippen LogP contribution in [0.15, 0.2) is 54.7 Å². The van der Waals surface area contributed by atoms with Crippen LogP contribution in [0.25, 0.3) is 10.9 Å². The van der Waals surface area contributed by atoms with Gasteiger partial charge in [0.15, 0.2) is 5.78 Å². The molecule has 1 aliphatic heterocycles. The predicted octanol–water partition coefficient (Wildman–Crippen LogP) is 3.67. The number of rotatable bonds is 5. The van der Waals surface area contributed by atoms with Gasteiger partial charge in [-0.1, -0.05) is 24.3 Å². The average molecular weight is 390 g/mol. The SMILES string of the molecule is CC(=O)c1ccc(N2CCN(Cc3cccc4cccnc34)CC2)c([N+](=O)[O-])c1. The first-order valence-electron chi connectivity index (χ1n) is 9.62. The molecule has 2 heterocycles. The second-order valence-corrected chi connectivity index (χ2v) is 7.27. The van der Waals surface area contributed by atoms with Crippen molar-refractivity contribution in [1.82, 2.24) is 9.88 Å². The number of hydrogen-bond acceptors (Lipinski definition) is 6. The molecule has 0 N–H and O–H groups in total. The third-order valence-electron chi connectivity index (χ3n) is 5.40. The molecule has 0 saturated carbocycles. The number of carbonyl (C=O) groups excluding carboxylic acids is 1. The van der Waals surface area contributed by atoms with E-state index in [4.69, 9.17) is 0 Å². The highest BCUT2D eigenvalue weighted by Gasteiger charge is 2.25. The van der Waals surface area contributed by atoms with Crippen molar-refractivity contribution in [1.29, 1.82) is 0 Å². The Morgan fingerprint density at radius 3 is 2.59 bits per heavy atom. The molecule has 2 aromatic carbocycles. The lowest BCUT2D eigenvalue weighted by atomic mass is 10.1. The maximum Gasteiger partial charge on any atom is 0.293 e. The molecule has 0 unspecified atom stereocenters. The Hall–Kier alpha value is -3.32. The minimum atomic E-state index is -0.407. The Morgan fingerprint density at radius 2 is 1.86 bits per heavy atom. The van der Waals surface area contributed by atoms with E-state index in [2.05, 4.69) is 34.1 Å². The number of pyridine rings is 1. The quantitative estimate of drug-likeness (QED) is 0.376. The molecule has 3 aromatic rings. The minimum Gasteiger partial charge on any atom is -0.363 e. The summed E-state index contributed by atoms with van der Waals surface area (Å²) in [6.45, 7) is 5.20. The van der Waals surface area contributed by atoms with Crippen LogP contribution in [0.3, 0.4) is 0 Å². The number of nitro groups is 1. The van der Waals surface area contributed by atoms with Crippen molar-refractivity contribution in [2.24, 2.45) is 0 Å². The van der Waals surface area contributed by atoms with E-state index in [0.29, 0.717) is 24.3 Å². The molecular weight excluding hydrogens is 368 g/mol. The van der Waals surface area contributed by atoms with Crippen LogP contribution in [-0.4, -0.2) is 46.8 Å². The number of carbonyl (C=O) groups is 1. The van der Waals surface area contributed by atoms with Gasteiger partial charge in [0.1, 0.15) is 5.69 Å². The molecule has 7 nitrogen and oxygen atoms in total. The summed E-state index contributed by atoms with van der Waals surface area (Å²) in [6, 6.07) is 15.0. The summed E-state index contributed by atoms with van der Waals surface area (Å²) in [4.78, 5) is 31.6. The Kier molecular flexibility index (Phi) is 5.22. The molecule has 0 bridgehead atoms. The predicted molar refractivity (Wildman–Crippen MR) is 112 cm³/mol. The third kappa shape index (κ3) is 3.95. The molecule has 1 fully saturated rings. The summed E-state index contributed by atoms with van der Waals surface area (Å²) in [5.41, 5.74) is 3.14. The Morgan fingerprint density at radius 1 is 1.10 bits per heavy atom. The number of hydrogen-bond donors (Lipinski definition) is 0. The van der Waals surface area contributed by atoms with Gasteiger partial charge in [-0.25, -0.2) is 0 Å². The van der Waals surface area contributed by atoms with Crippen molar-refractivity contribution in [3.05, 3.63) is 76.0 Å². The molecule has 148 valence electrons. The molecule has 4 rings (SSSR count). The molecule has 0 atom stereocenters. The van der Waals surface area contributed by atoms with Crippen molar-refractivity contribution in [2.75, 3.05) is 31.1 Å². The lowest BCUT2D eigenvalue weighted by Gasteiger charge is -2.36.